The summed E-state index contributed by atoms with van der Waals surface area (Å²) in [7, 11) is 0. The van der Waals surface area contributed by atoms with Crippen LogP contribution in [0.4, 0.5) is 0 Å². The van der Waals surface area contributed by atoms with Gasteiger partial charge in [0.15, 0.2) is 0 Å². The number of hydrogen-bond donors (Lipinski definition) is 0. The van der Waals surface area contributed by atoms with Gasteiger partial charge in [-0.2, -0.15) is 0 Å². The maximum Gasteiger partial charge on any atom is 0.126 e. The van der Waals surface area contributed by atoms with Crippen LogP contribution in [0.5, 0.6) is 0 Å². The molecular formula is C20H34O. The molecule has 0 N–H and O–H groups in total. The van der Waals surface area contributed by atoms with Crippen molar-refractivity contribution in [2.75, 3.05) is 0 Å². The minimum Gasteiger partial charge on any atom is -0.465 e. The van der Waals surface area contributed by atoms with Crippen LogP contribution in [-0.4, -0.2) is 0 Å². The summed E-state index contributed by atoms with van der Waals surface area (Å²) < 4.78 is 5.26. The first-order chi connectivity index (χ1) is 10.4. The highest BCUT2D eigenvalue weighted by atomic mass is 16.3. The Labute approximate surface area is 131 Å². The Balaban J connectivity index is 1.75. The normalized spacial score (nSPS) is 11.5. The SMILES string of the molecule is CCCCCCCCCCCCCC/C=C\c1ccco1. The van der Waals surface area contributed by atoms with Gasteiger partial charge in [-0.3, -0.25) is 0 Å². The number of furan rings is 1. The van der Waals surface area contributed by atoms with Crippen LogP contribution in [0.2, 0.25) is 0 Å². The molecule has 1 nitrogen and oxygen atoms in total. The molecule has 0 atom stereocenters. The predicted molar refractivity (Wildman–Crippen MR) is 93.4 cm³/mol. The van der Waals surface area contributed by atoms with Gasteiger partial charge >= 0.3 is 0 Å². The Bertz CT molecular complexity index is 324. The van der Waals surface area contributed by atoms with E-state index >= 15 is 0 Å². The quantitative estimate of drug-likeness (QED) is 0.326. The largest absolute Gasteiger partial charge is 0.465 e. The van der Waals surface area contributed by atoms with Crippen molar-refractivity contribution in [2.24, 2.45) is 0 Å². The van der Waals surface area contributed by atoms with Crippen molar-refractivity contribution in [3.8, 4) is 0 Å². The van der Waals surface area contributed by atoms with Crippen LogP contribution in [0.3, 0.4) is 0 Å². The van der Waals surface area contributed by atoms with Gasteiger partial charge in [-0.15, -0.1) is 0 Å². The first kappa shape index (κ1) is 18.1. The highest BCUT2D eigenvalue weighted by Gasteiger charge is 1.93. The van der Waals surface area contributed by atoms with Crippen LogP contribution in [0.15, 0.2) is 28.9 Å². The molecule has 1 heterocycles. The summed E-state index contributed by atoms with van der Waals surface area (Å²) in [4.78, 5) is 0. The summed E-state index contributed by atoms with van der Waals surface area (Å²) in [6.45, 7) is 2.28. The third kappa shape index (κ3) is 11.4. The molecule has 1 heteroatoms. The number of unbranched alkanes of at least 4 members (excludes halogenated alkanes) is 12. The van der Waals surface area contributed by atoms with Gasteiger partial charge in [-0.05, 0) is 31.1 Å². The standard InChI is InChI=1S/C20H34O/c1-2-3-4-5-6-7-8-9-10-11-12-13-14-15-17-20-18-16-19-21-20/h15-19H,2-14H2,1H3/b17-15-. The molecule has 0 fully saturated rings. The molecule has 0 unspecified atom stereocenters. The monoisotopic (exact) mass is 290 g/mol. The van der Waals surface area contributed by atoms with E-state index in [9.17, 15) is 0 Å². The fraction of sp³-hybridized carbons (Fsp3) is 0.700. The lowest BCUT2D eigenvalue weighted by Crippen LogP contribution is -1.82. The second-order valence-electron chi connectivity index (χ2n) is 6.10. The first-order valence-electron chi connectivity index (χ1n) is 9.13. The van der Waals surface area contributed by atoms with Crippen LogP contribution in [0, 0.1) is 0 Å². The van der Waals surface area contributed by atoms with Crippen LogP contribution < -0.4 is 0 Å². The van der Waals surface area contributed by atoms with Gasteiger partial charge in [0.05, 0.1) is 6.26 Å². The molecule has 0 aliphatic carbocycles. The number of hydrogen-bond acceptors (Lipinski definition) is 1. The second-order valence-corrected chi connectivity index (χ2v) is 6.10. The van der Waals surface area contributed by atoms with Crippen molar-refractivity contribution < 1.29 is 4.42 Å². The average Bonchev–Trinajstić information content (AvgIpc) is 3.01. The topological polar surface area (TPSA) is 13.1 Å². The molecule has 21 heavy (non-hydrogen) atoms. The van der Waals surface area contributed by atoms with E-state index in [-0.39, 0.29) is 0 Å². The Kier molecular flexibility index (Phi) is 12.0. The molecular weight excluding hydrogens is 256 g/mol. The Hall–Kier alpha value is -0.980. The summed E-state index contributed by atoms with van der Waals surface area (Å²) in [6.07, 6.45) is 24.2. The van der Waals surface area contributed by atoms with Gasteiger partial charge in [-0.25, -0.2) is 0 Å². The van der Waals surface area contributed by atoms with Gasteiger partial charge in [-0.1, -0.05) is 83.6 Å². The lowest BCUT2D eigenvalue weighted by atomic mass is 10.0. The van der Waals surface area contributed by atoms with E-state index in [1.54, 1.807) is 6.26 Å². The Morgan fingerprint density at radius 3 is 1.90 bits per heavy atom. The van der Waals surface area contributed by atoms with Crippen LogP contribution >= 0.6 is 0 Å². The summed E-state index contributed by atoms with van der Waals surface area (Å²) in [6, 6.07) is 3.93. The molecule has 0 spiro atoms. The highest BCUT2D eigenvalue weighted by molar-refractivity contribution is 5.41. The lowest BCUT2D eigenvalue weighted by molar-refractivity contribution is 0.544. The summed E-state index contributed by atoms with van der Waals surface area (Å²) in [5, 5.41) is 0. The van der Waals surface area contributed by atoms with E-state index < -0.39 is 0 Å². The molecule has 0 saturated carbocycles. The highest BCUT2D eigenvalue weighted by Crippen LogP contribution is 2.13. The minimum absolute atomic E-state index is 0.967. The van der Waals surface area contributed by atoms with E-state index in [1.165, 1.54) is 83.5 Å². The van der Waals surface area contributed by atoms with Crippen molar-refractivity contribution in [2.45, 2.75) is 90.4 Å². The summed E-state index contributed by atoms with van der Waals surface area (Å²) in [5.74, 6) is 0.967. The van der Waals surface area contributed by atoms with Crippen LogP contribution in [-0.2, 0) is 0 Å². The van der Waals surface area contributed by atoms with E-state index in [4.69, 9.17) is 4.42 Å². The minimum atomic E-state index is 0.967. The molecule has 1 aromatic heterocycles. The van der Waals surface area contributed by atoms with E-state index in [2.05, 4.69) is 19.1 Å². The van der Waals surface area contributed by atoms with Crippen molar-refractivity contribution >= 4 is 6.08 Å². The van der Waals surface area contributed by atoms with Gasteiger partial charge in [0, 0.05) is 0 Å². The molecule has 0 aromatic carbocycles. The molecule has 0 amide bonds. The number of allylic oxidation sites excluding steroid dienone is 1. The zero-order valence-corrected chi connectivity index (χ0v) is 14.0. The molecule has 0 radical (unpaired) electrons. The van der Waals surface area contributed by atoms with Gasteiger partial charge < -0.3 is 4.42 Å². The molecule has 0 aliphatic rings. The zero-order valence-electron chi connectivity index (χ0n) is 14.0. The summed E-state index contributed by atoms with van der Waals surface area (Å²) in [5.41, 5.74) is 0. The third-order valence-corrected chi connectivity index (χ3v) is 4.05. The molecule has 0 bridgehead atoms. The van der Waals surface area contributed by atoms with Crippen LogP contribution in [0.1, 0.15) is 96.2 Å². The first-order valence-corrected chi connectivity index (χ1v) is 9.13. The predicted octanol–water partition coefficient (Wildman–Crippen LogP) is 7.38. The molecule has 1 aromatic rings. The maximum absolute atomic E-state index is 5.26. The maximum atomic E-state index is 5.26. The second kappa shape index (κ2) is 14.0. The fourth-order valence-corrected chi connectivity index (χ4v) is 2.69. The molecule has 0 saturated heterocycles. The van der Waals surface area contributed by atoms with Crippen molar-refractivity contribution in [3.05, 3.63) is 30.2 Å². The van der Waals surface area contributed by atoms with Gasteiger partial charge in [0.2, 0.25) is 0 Å². The van der Waals surface area contributed by atoms with Crippen LogP contribution in [0.25, 0.3) is 6.08 Å². The van der Waals surface area contributed by atoms with E-state index in [0.717, 1.165) is 5.76 Å². The van der Waals surface area contributed by atoms with Gasteiger partial charge in [0.25, 0.3) is 0 Å². The Morgan fingerprint density at radius 1 is 0.810 bits per heavy atom. The van der Waals surface area contributed by atoms with Crippen molar-refractivity contribution in [1.29, 1.82) is 0 Å². The smallest absolute Gasteiger partial charge is 0.126 e. The van der Waals surface area contributed by atoms with Gasteiger partial charge in [0.1, 0.15) is 5.76 Å². The van der Waals surface area contributed by atoms with Crippen molar-refractivity contribution in [3.63, 3.8) is 0 Å². The fourth-order valence-electron chi connectivity index (χ4n) is 2.69. The van der Waals surface area contributed by atoms with Crippen molar-refractivity contribution in [1.82, 2.24) is 0 Å². The zero-order chi connectivity index (χ0) is 15.0. The van der Waals surface area contributed by atoms with E-state index in [1.807, 2.05) is 12.1 Å². The molecule has 0 aliphatic heterocycles. The molecule has 120 valence electrons. The number of rotatable bonds is 14. The summed E-state index contributed by atoms with van der Waals surface area (Å²) >= 11 is 0. The third-order valence-electron chi connectivity index (χ3n) is 4.05. The Morgan fingerprint density at radius 2 is 1.38 bits per heavy atom. The molecule has 1 rings (SSSR count). The lowest BCUT2D eigenvalue weighted by Gasteiger charge is -2.02. The average molecular weight is 290 g/mol. The van der Waals surface area contributed by atoms with E-state index in [0.29, 0.717) is 0 Å².